The van der Waals surface area contributed by atoms with Gasteiger partial charge in [-0.15, -0.1) is 0 Å². The van der Waals surface area contributed by atoms with Crippen LogP contribution in [0.4, 0.5) is 5.69 Å². The van der Waals surface area contributed by atoms with Crippen molar-refractivity contribution in [2.24, 2.45) is 0 Å². The lowest BCUT2D eigenvalue weighted by Crippen LogP contribution is -2.08. The lowest BCUT2D eigenvalue weighted by Gasteiger charge is -2.04. The number of amides is 1. The molecule has 1 aromatic heterocycles. The molecular weight excluding hydrogens is 258 g/mol. The van der Waals surface area contributed by atoms with Crippen molar-refractivity contribution in [2.45, 2.75) is 25.0 Å². The van der Waals surface area contributed by atoms with Gasteiger partial charge in [0, 0.05) is 36.2 Å². The fourth-order valence-corrected chi connectivity index (χ4v) is 2.97. The number of hydrogen-bond donors (Lipinski definition) is 1. The summed E-state index contributed by atoms with van der Waals surface area (Å²) in [5, 5.41) is 3.94. The Labute approximate surface area is 116 Å². The molecule has 0 aliphatic carbocycles. The number of benzene rings is 1. The first kappa shape index (κ1) is 12.3. The molecule has 19 heavy (non-hydrogen) atoms. The van der Waals surface area contributed by atoms with Crippen molar-refractivity contribution in [2.75, 3.05) is 11.1 Å². The van der Waals surface area contributed by atoms with Crippen LogP contribution in [0.2, 0.25) is 0 Å². The zero-order valence-electron chi connectivity index (χ0n) is 10.7. The number of carbonyl (C=O) groups excluding carboxylic acids is 1. The van der Waals surface area contributed by atoms with Crippen LogP contribution in [0.3, 0.4) is 0 Å². The minimum absolute atomic E-state index is 0.0325. The maximum atomic E-state index is 11.3. The molecule has 1 N–H and O–H groups in total. The largest absolute Gasteiger partial charge is 0.326 e. The molecule has 0 saturated heterocycles. The molecule has 3 rings (SSSR count). The Kier molecular flexibility index (Phi) is 3.29. The predicted molar refractivity (Wildman–Crippen MR) is 77.3 cm³/mol. The summed E-state index contributed by atoms with van der Waals surface area (Å²) in [4.78, 5) is 15.9. The summed E-state index contributed by atoms with van der Waals surface area (Å²) < 4.78 is 2.19. The van der Waals surface area contributed by atoms with Gasteiger partial charge < -0.3 is 9.88 Å². The molecular formula is C14H15N3OS. The van der Waals surface area contributed by atoms with Gasteiger partial charge in [0.1, 0.15) is 0 Å². The first-order chi connectivity index (χ1) is 9.26. The molecule has 5 heteroatoms. The molecule has 1 aliphatic heterocycles. The van der Waals surface area contributed by atoms with Crippen molar-refractivity contribution in [1.29, 1.82) is 0 Å². The zero-order valence-corrected chi connectivity index (χ0v) is 11.5. The van der Waals surface area contributed by atoms with Crippen LogP contribution in [0.25, 0.3) is 11.3 Å². The third-order valence-electron chi connectivity index (χ3n) is 3.09. The quantitative estimate of drug-likeness (QED) is 0.935. The standard InChI is InChI=1S/C14H15N3OS/c1-2-13(18)15-11-5-3-10(4-6-11)12-9-17-7-8-19-14(17)16-12/h3-6,9H,2,7-8H2,1H3,(H,15,18). The van der Waals surface area contributed by atoms with Crippen LogP contribution in [0.5, 0.6) is 0 Å². The van der Waals surface area contributed by atoms with Crippen LogP contribution in [0, 0.1) is 0 Å². The van der Waals surface area contributed by atoms with Crippen molar-refractivity contribution >= 4 is 23.4 Å². The van der Waals surface area contributed by atoms with Crippen LogP contribution in [0.15, 0.2) is 35.6 Å². The lowest BCUT2D eigenvalue weighted by atomic mass is 10.1. The van der Waals surface area contributed by atoms with E-state index in [1.165, 1.54) is 0 Å². The summed E-state index contributed by atoms with van der Waals surface area (Å²) in [6, 6.07) is 7.82. The van der Waals surface area contributed by atoms with Crippen LogP contribution in [-0.2, 0) is 11.3 Å². The van der Waals surface area contributed by atoms with E-state index in [0.29, 0.717) is 6.42 Å². The van der Waals surface area contributed by atoms with Gasteiger partial charge in [-0.3, -0.25) is 4.79 Å². The Morgan fingerprint density at radius 1 is 1.42 bits per heavy atom. The number of aryl methyl sites for hydroxylation is 1. The van der Waals surface area contributed by atoms with Crippen LogP contribution < -0.4 is 5.32 Å². The Balaban J connectivity index is 1.80. The average Bonchev–Trinajstić information content (AvgIpc) is 3.00. The highest BCUT2D eigenvalue weighted by molar-refractivity contribution is 7.99. The highest BCUT2D eigenvalue weighted by atomic mass is 32.2. The molecule has 2 heterocycles. The zero-order chi connectivity index (χ0) is 13.2. The molecule has 0 spiro atoms. The molecule has 0 atom stereocenters. The minimum atomic E-state index is 0.0325. The smallest absolute Gasteiger partial charge is 0.224 e. The summed E-state index contributed by atoms with van der Waals surface area (Å²) in [6.45, 7) is 2.88. The molecule has 2 aromatic rings. The third kappa shape index (κ3) is 2.51. The van der Waals surface area contributed by atoms with Crippen molar-refractivity contribution in [3.8, 4) is 11.3 Å². The fraction of sp³-hybridized carbons (Fsp3) is 0.286. The second-order valence-corrected chi connectivity index (χ2v) is 5.49. The van der Waals surface area contributed by atoms with Gasteiger partial charge in [0.05, 0.1) is 5.69 Å². The van der Waals surface area contributed by atoms with Crippen molar-refractivity contribution in [3.63, 3.8) is 0 Å². The van der Waals surface area contributed by atoms with Crippen LogP contribution in [-0.4, -0.2) is 21.2 Å². The van der Waals surface area contributed by atoms with E-state index in [1.807, 2.05) is 31.2 Å². The van der Waals surface area contributed by atoms with E-state index in [-0.39, 0.29) is 5.91 Å². The van der Waals surface area contributed by atoms with Gasteiger partial charge >= 0.3 is 0 Å². The number of nitrogens with one attached hydrogen (secondary N) is 1. The van der Waals surface area contributed by atoms with E-state index in [9.17, 15) is 4.79 Å². The molecule has 0 bridgehead atoms. The number of carbonyl (C=O) groups is 1. The second-order valence-electron chi connectivity index (χ2n) is 4.43. The summed E-state index contributed by atoms with van der Waals surface area (Å²) in [5.41, 5.74) is 2.91. The van der Waals surface area contributed by atoms with Gasteiger partial charge in [-0.25, -0.2) is 4.98 Å². The predicted octanol–water partition coefficient (Wildman–Crippen LogP) is 3.00. The Morgan fingerprint density at radius 3 is 2.89 bits per heavy atom. The van der Waals surface area contributed by atoms with Crippen molar-refractivity contribution in [1.82, 2.24) is 9.55 Å². The molecule has 1 aromatic carbocycles. The number of hydrogen-bond acceptors (Lipinski definition) is 3. The van der Waals surface area contributed by atoms with E-state index < -0.39 is 0 Å². The highest BCUT2D eigenvalue weighted by Crippen LogP contribution is 2.29. The van der Waals surface area contributed by atoms with Gasteiger partial charge in [-0.1, -0.05) is 30.8 Å². The molecule has 1 amide bonds. The summed E-state index contributed by atoms with van der Waals surface area (Å²) in [7, 11) is 0. The number of aromatic nitrogens is 2. The van der Waals surface area contributed by atoms with Gasteiger partial charge in [0.15, 0.2) is 5.16 Å². The fourth-order valence-electron chi connectivity index (χ4n) is 2.02. The third-order valence-corrected chi connectivity index (χ3v) is 4.06. The Bertz CT molecular complexity index is 582. The van der Waals surface area contributed by atoms with E-state index in [0.717, 1.165) is 34.4 Å². The number of rotatable bonds is 3. The SMILES string of the molecule is CCC(=O)Nc1ccc(-c2cn3c(n2)SCC3)cc1. The Morgan fingerprint density at radius 2 is 2.21 bits per heavy atom. The maximum Gasteiger partial charge on any atom is 0.224 e. The Hall–Kier alpha value is -1.75. The van der Waals surface area contributed by atoms with E-state index in [1.54, 1.807) is 11.8 Å². The number of imidazole rings is 1. The summed E-state index contributed by atoms with van der Waals surface area (Å²) in [6.07, 6.45) is 2.59. The maximum absolute atomic E-state index is 11.3. The molecule has 1 aliphatic rings. The van der Waals surface area contributed by atoms with E-state index >= 15 is 0 Å². The molecule has 0 saturated carbocycles. The highest BCUT2D eigenvalue weighted by Gasteiger charge is 2.15. The number of nitrogens with zero attached hydrogens (tertiary/aromatic N) is 2. The molecule has 98 valence electrons. The lowest BCUT2D eigenvalue weighted by molar-refractivity contribution is -0.115. The van der Waals surface area contributed by atoms with Gasteiger partial charge in [-0.2, -0.15) is 0 Å². The number of fused-ring (bicyclic) bond motifs is 1. The van der Waals surface area contributed by atoms with Gasteiger partial charge in [-0.05, 0) is 12.1 Å². The number of thioether (sulfide) groups is 1. The van der Waals surface area contributed by atoms with E-state index in [4.69, 9.17) is 0 Å². The average molecular weight is 273 g/mol. The first-order valence-electron chi connectivity index (χ1n) is 6.36. The van der Waals surface area contributed by atoms with Crippen molar-refractivity contribution < 1.29 is 4.79 Å². The van der Waals surface area contributed by atoms with E-state index in [2.05, 4.69) is 21.1 Å². The van der Waals surface area contributed by atoms with Gasteiger partial charge in [0.2, 0.25) is 5.91 Å². The molecule has 0 radical (unpaired) electrons. The minimum Gasteiger partial charge on any atom is -0.326 e. The molecule has 0 unspecified atom stereocenters. The van der Waals surface area contributed by atoms with Gasteiger partial charge in [0.25, 0.3) is 0 Å². The summed E-state index contributed by atoms with van der Waals surface area (Å²) in [5.74, 6) is 1.15. The molecule has 0 fully saturated rings. The van der Waals surface area contributed by atoms with Crippen molar-refractivity contribution in [3.05, 3.63) is 30.5 Å². The second kappa shape index (κ2) is 5.09. The first-order valence-corrected chi connectivity index (χ1v) is 7.35. The normalized spacial score (nSPS) is 13.3. The van der Waals surface area contributed by atoms with Crippen LogP contribution >= 0.6 is 11.8 Å². The molecule has 4 nitrogen and oxygen atoms in total. The van der Waals surface area contributed by atoms with Crippen LogP contribution in [0.1, 0.15) is 13.3 Å². The topological polar surface area (TPSA) is 46.9 Å². The summed E-state index contributed by atoms with van der Waals surface area (Å²) >= 11 is 1.79. The number of anilines is 1. The monoisotopic (exact) mass is 273 g/mol.